The molecule has 0 saturated heterocycles. The zero-order chi connectivity index (χ0) is 8.77. The Morgan fingerprint density at radius 1 is 1.42 bits per heavy atom. The van der Waals surface area contributed by atoms with Crippen LogP contribution in [0.1, 0.15) is 25.0 Å². The summed E-state index contributed by atoms with van der Waals surface area (Å²) in [5, 5.41) is 0. The lowest BCUT2D eigenvalue weighted by Gasteiger charge is -2.17. The van der Waals surface area contributed by atoms with E-state index < -0.39 is 0 Å². The Balaban J connectivity index is 2.48. The summed E-state index contributed by atoms with van der Waals surface area (Å²) in [7, 11) is 0. The van der Waals surface area contributed by atoms with E-state index >= 15 is 0 Å². The molecule has 1 heterocycles. The Kier molecular flexibility index (Phi) is 1.44. The Morgan fingerprint density at radius 2 is 2.17 bits per heavy atom. The molecular formula is C11H13O. The van der Waals surface area contributed by atoms with E-state index in [1.807, 2.05) is 12.1 Å². The van der Waals surface area contributed by atoms with Crippen LogP contribution in [0.25, 0.3) is 0 Å². The summed E-state index contributed by atoms with van der Waals surface area (Å²) in [4.78, 5) is 0. The molecule has 0 saturated carbocycles. The van der Waals surface area contributed by atoms with Gasteiger partial charge >= 0.3 is 0 Å². The number of benzene rings is 1. The van der Waals surface area contributed by atoms with Crippen molar-refractivity contribution in [2.45, 2.75) is 25.9 Å². The highest BCUT2D eigenvalue weighted by Crippen LogP contribution is 2.36. The molecule has 1 aromatic rings. The van der Waals surface area contributed by atoms with Crippen molar-refractivity contribution in [1.82, 2.24) is 0 Å². The molecular weight excluding hydrogens is 148 g/mol. The number of ether oxygens (including phenoxy) is 1. The number of hydrogen-bond donors (Lipinski definition) is 0. The highest BCUT2D eigenvalue weighted by Gasteiger charge is 2.30. The van der Waals surface area contributed by atoms with Crippen LogP contribution in [0.2, 0.25) is 0 Å². The highest BCUT2D eigenvalue weighted by molar-refractivity contribution is 5.46. The first-order valence-electron chi connectivity index (χ1n) is 4.21. The summed E-state index contributed by atoms with van der Waals surface area (Å²) in [6.07, 6.45) is 0.992. The van der Waals surface area contributed by atoms with Gasteiger partial charge in [0.25, 0.3) is 0 Å². The third kappa shape index (κ3) is 1.09. The second-order valence-corrected chi connectivity index (χ2v) is 3.94. The van der Waals surface area contributed by atoms with Crippen molar-refractivity contribution in [2.24, 2.45) is 0 Å². The van der Waals surface area contributed by atoms with Crippen molar-refractivity contribution in [3.63, 3.8) is 0 Å². The van der Waals surface area contributed by atoms with Crippen LogP contribution in [0.3, 0.4) is 0 Å². The third-order valence-electron chi connectivity index (χ3n) is 2.17. The van der Waals surface area contributed by atoms with E-state index in [1.54, 1.807) is 0 Å². The van der Waals surface area contributed by atoms with E-state index in [4.69, 9.17) is 4.74 Å². The molecule has 0 fully saturated rings. The monoisotopic (exact) mass is 161 g/mol. The summed E-state index contributed by atoms with van der Waals surface area (Å²) in [5.41, 5.74) is 2.24. The first-order valence-corrected chi connectivity index (χ1v) is 4.21. The first-order chi connectivity index (χ1) is 5.58. The molecule has 0 aromatic heterocycles. The summed E-state index contributed by atoms with van der Waals surface area (Å²) >= 11 is 0. The number of fused-ring (bicyclic) bond motifs is 1. The Hall–Kier alpha value is -0.980. The minimum Gasteiger partial charge on any atom is -0.487 e. The molecule has 1 radical (unpaired) electrons. The fourth-order valence-corrected chi connectivity index (χ4v) is 1.68. The molecule has 1 aliphatic rings. The van der Waals surface area contributed by atoms with E-state index in [-0.39, 0.29) is 5.60 Å². The second kappa shape index (κ2) is 2.25. The second-order valence-electron chi connectivity index (χ2n) is 3.94. The average molecular weight is 161 g/mol. The van der Waals surface area contributed by atoms with Gasteiger partial charge in [-0.1, -0.05) is 18.2 Å². The Labute approximate surface area is 73.4 Å². The van der Waals surface area contributed by atoms with Gasteiger partial charge in [0.05, 0.1) is 0 Å². The third-order valence-corrected chi connectivity index (χ3v) is 2.17. The first kappa shape index (κ1) is 7.66. The zero-order valence-corrected chi connectivity index (χ0v) is 7.55. The van der Waals surface area contributed by atoms with Gasteiger partial charge in [-0.3, -0.25) is 0 Å². The molecule has 1 heteroatoms. The van der Waals surface area contributed by atoms with Crippen LogP contribution < -0.4 is 4.74 Å². The lowest BCUT2D eigenvalue weighted by Crippen LogP contribution is -2.24. The molecule has 0 unspecified atom stereocenters. The number of hydrogen-bond acceptors (Lipinski definition) is 1. The van der Waals surface area contributed by atoms with E-state index in [0.717, 1.165) is 17.7 Å². The predicted octanol–water partition coefficient (Wildman–Crippen LogP) is 2.58. The maximum atomic E-state index is 5.76. The fraction of sp³-hybridized carbons (Fsp3) is 0.364. The maximum Gasteiger partial charge on any atom is 0.126 e. The van der Waals surface area contributed by atoms with Crippen molar-refractivity contribution in [1.29, 1.82) is 0 Å². The summed E-state index contributed by atoms with van der Waals surface area (Å²) in [5.74, 6) is 0.988. The van der Waals surface area contributed by atoms with Gasteiger partial charge in [0.15, 0.2) is 0 Å². The van der Waals surface area contributed by atoms with Crippen molar-refractivity contribution in [3.05, 3.63) is 36.2 Å². The molecule has 0 atom stereocenters. The normalized spacial score (nSPS) is 18.6. The van der Waals surface area contributed by atoms with Gasteiger partial charge in [-0.2, -0.15) is 0 Å². The van der Waals surface area contributed by atoms with Crippen molar-refractivity contribution < 1.29 is 4.74 Å². The van der Waals surface area contributed by atoms with Crippen LogP contribution in [0.5, 0.6) is 5.75 Å². The molecule has 12 heavy (non-hydrogen) atoms. The van der Waals surface area contributed by atoms with Gasteiger partial charge in [-0.15, -0.1) is 0 Å². The molecule has 1 aromatic carbocycles. The predicted molar refractivity (Wildman–Crippen MR) is 49.3 cm³/mol. The molecule has 0 amide bonds. The van der Waals surface area contributed by atoms with Crippen LogP contribution in [0.4, 0.5) is 0 Å². The molecule has 1 aliphatic heterocycles. The van der Waals surface area contributed by atoms with E-state index in [9.17, 15) is 0 Å². The molecule has 0 N–H and O–H groups in total. The largest absolute Gasteiger partial charge is 0.487 e. The van der Waals surface area contributed by atoms with Crippen LogP contribution >= 0.6 is 0 Å². The molecule has 63 valence electrons. The van der Waals surface area contributed by atoms with E-state index in [1.165, 1.54) is 5.56 Å². The van der Waals surface area contributed by atoms with Crippen LogP contribution in [-0.4, -0.2) is 5.60 Å². The molecule has 0 bridgehead atoms. The Bertz CT molecular complexity index is 313. The lowest BCUT2D eigenvalue weighted by molar-refractivity contribution is 0.138. The minimum absolute atomic E-state index is 0.0455. The highest BCUT2D eigenvalue weighted by atomic mass is 16.5. The molecule has 2 rings (SSSR count). The molecule has 0 spiro atoms. The minimum atomic E-state index is -0.0455. The van der Waals surface area contributed by atoms with Crippen molar-refractivity contribution in [2.75, 3.05) is 0 Å². The van der Waals surface area contributed by atoms with Crippen LogP contribution in [-0.2, 0) is 6.42 Å². The summed E-state index contributed by atoms with van der Waals surface area (Å²) in [6.45, 7) is 8.14. The molecule has 1 nitrogen and oxygen atoms in total. The van der Waals surface area contributed by atoms with E-state index in [2.05, 4.69) is 26.8 Å². The fourth-order valence-electron chi connectivity index (χ4n) is 1.68. The zero-order valence-electron chi connectivity index (χ0n) is 7.55. The quantitative estimate of drug-likeness (QED) is 0.568. The van der Waals surface area contributed by atoms with Crippen molar-refractivity contribution >= 4 is 0 Å². The topological polar surface area (TPSA) is 9.23 Å². The molecule has 0 aliphatic carbocycles. The summed E-state index contributed by atoms with van der Waals surface area (Å²) < 4.78 is 5.76. The standard InChI is InChI=1S/C11H13O/c1-8-5-4-6-9-7-11(2,3)12-10(8)9/h4-6H,1,7H2,2-3H3. The smallest absolute Gasteiger partial charge is 0.126 e. The van der Waals surface area contributed by atoms with E-state index in [0.29, 0.717) is 0 Å². The van der Waals surface area contributed by atoms with Gasteiger partial charge in [0.2, 0.25) is 0 Å². The van der Waals surface area contributed by atoms with Crippen LogP contribution in [0.15, 0.2) is 18.2 Å². The number of rotatable bonds is 0. The van der Waals surface area contributed by atoms with Crippen molar-refractivity contribution in [3.8, 4) is 5.75 Å². The van der Waals surface area contributed by atoms with Gasteiger partial charge in [-0.05, 0) is 31.9 Å². The summed E-state index contributed by atoms with van der Waals surface area (Å²) in [6, 6.07) is 6.13. The van der Waals surface area contributed by atoms with Gasteiger partial charge in [0.1, 0.15) is 11.4 Å². The lowest BCUT2D eigenvalue weighted by atomic mass is 10.0. The average Bonchev–Trinajstić information content (AvgIpc) is 2.25. The maximum absolute atomic E-state index is 5.76. The number of para-hydroxylation sites is 1. The van der Waals surface area contributed by atoms with Gasteiger partial charge in [0, 0.05) is 6.42 Å². The van der Waals surface area contributed by atoms with Crippen LogP contribution in [0, 0.1) is 6.92 Å². The van der Waals surface area contributed by atoms with Gasteiger partial charge < -0.3 is 4.74 Å². The SMILES string of the molecule is [CH2]c1cccc2c1OC(C)(C)C2. The van der Waals surface area contributed by atoms with Gasteiger partial charge in [-0.25, -0.2) is 0 Å². The Morgan fingerprint density at radius 3 is 2.83 bits per heavy atom.